The van der Waals surface area contributed by atoms with Crippen LogP contribution in [0.2, 0.25) is 0 Å². The van der Waals surface area contributed by atoms with Crippen molar-refractivity contribution in [3.63, 3.8) is 0 Å². The predicted octanol–water partition coefficient (Wildman–Crippen LogP) is 5.71. The molecule has 1 aliphatic heterocycles. The van der Waals surface area contributed by atoms with Crippen LogP contribution in [-0.4, -0.2) is 67.7 Å². The Kier molecular flexibility index (Phi) is 7.17. The number of fused-ring (bicyclic) bond motifs is 2. The Morgan fingerprint density at radius 2 is 1.88 bits per heavy atom. The number of carbonyl (C=O) groups excluding carboxylic acids is 1. The molecule has 2 N–H and O–H groups in total. The fourth-order valence-electron chi connectivity index (χ4n) is 6.26. The second-order valence-electron chi connectivity index (χ2n) is 10.9. The Hall–Kier alpha value is -5.06. The van der Waals surface area contributed by atoms with Gasteiger partial charge in [-0.1, -0.05) is 12.1 Å². The van der Waals surface area contributed by atoms with Crippen LogP contribution in [0.3, 0.4) is 0 Å². The number of methoxy groups -OCH3 is 2. The molecule has 2 unspecified atom stereocenters. The standard InChI is InChI=1S/C32H34N6O5/c1-18-15-21(11-13-37(18)32(40)41)30-35-28(29-19(2)33-12-14-38(29)30)20-9-10-23(27(16-20)43-5)34-31(39)25-17-22-24(36(25)3)7-6-8-26(22)42-4/h6-10,12,14,16-18,21H,11,13,15H2,1-5H3,(H,34,39)(H,40,41). The summed E-state index contributed by atoms with van der Waals surface area (Å²) in [5.41, 5.74) is 5.19. The Labute approximate surface area is 248 Å². The highest BCUT2D eigenvalue weighted by Crippen LogP contribution is 2.38. The van der Waals surface area contributed by atoms with Crippen molar-refractivity contribution in [1.82, 2.24) is 23.8 Å². The Morgan fingerprint density at radius 1 is 1.09 bits per heavy atom. The molecule has 0 aliphatic carbocycles. The van der Waals surface area contributed by atoms with Gasteiger partial charge in [-0.2, -0.15) is 0 Å². The quantitative estimate of drug-likeness (QED) is 0.263. The molecule has 11 nitrogen and oxygen atoms in total. The summed E-state index contributed by atoms with van der Waals surface area (Å²) in [6, 6.07) is 13.0. The Balaban J connectivity index is 1.34. The lowest BCUT2D eigenvalue weighted by Gasteiger charge is -2.35. The van der Waals surface area contributed by atoms with Crippen molar-refractivity contribution in [2.75, 3.05) is 26.1 Å². The highest BCUT2D eigenvalue weighted by atomic mass is 16.5. The van der Waals surface area contributed by atoms with Gasteiger partial charge in [-0.3, -0.25) is 14.2 Å². The van der Waals surface area contributed by atoms with Crippen LogP contribution in [0.15, 0.2) is 54.9 Å². The molecule has 1 aliphatic rings. The molecular formula is C32H34N6O5. The van der Waals surface area contributed by atoms with E-state index in [1.165, 1.54) is 4.90 Å². The highest BCUT2D eigenvalue weighted by Gasteiger charge is 2.32. The van der Waals surface area contributed by atoms with Gasteiger partial charge in [0.15, 0.2) is 0 Å². The smallest absolute Gasteiger partial charge is 0.407 e. The Morgan fingerprint density at radius 3 is 2.60 bits per heavy atom. The molecule has 0 spiro atoms. The molecule has 2 aromatic carbocycles. The summed E-state index contributed by atoms with van der Waals surface area (Å²) in [5.74, 6) is 1.90. The molecule has 1 saturated heterocycles. The number of hydrogen-bond acceptors (Lipinski definition) is 6. The number of aromatic nitrogens is 4. The first-order valence-electron chi connectivity index (χ1n) is 14.2. The lowest BCUT2D eigenvalue weighted by Crippen LogP contribution is -2.43. The van der Waals surface area contributed by atoms with Crippen LogP contribution in [0.1, 0.15) is 47.7 Å². The molecule has 4 heterocycles. The number of carbonyl (C=O) groups is 2. The topological polar surface area (TPSA) is 123 Å². The fraction of sp³-hybridized carbons (Fsp3) is 0.312. The number of nitrogens with one attached hydrogen (secondary N) is 1. The number of aryl methyl sites for hydroxylation is 2. The number of rotatable bonds is 6. The molecule has 2 atom stereocenters. The van der Waals surface area contributed by atoms with Crippen molar-refractivity contribution in [3.05, 3.63) is 72.1 Å². The van der Waals surface area contributed by atoms with Crippen LogP contribution >= 0.6 is 0 Å². The summed E-state index contributed by atoms with van der Waals surface area (Å²) in [5, 5.41) is 13.4. The number of anilines is 1. The number of hydrogen-bond donors (Lipinski definition) is 2. The summed E-state index contributed by atoms with van der Waals surface area (Å²) in [6.07, 6.45) is 4.15. The molecule has 43 heavy (non-hydrogen) atoms. The molecule has 3 aromatic heterocycles. The summed E-state index contributed by atoms with van der Waals surface area (Å²) >= 11 is 0. The maximum Gasteiger partial charge on any atom is 0.407 e. The zero-order valence-corrected chi connectivity index (χ0v) is 24.8. The van der Waals surface area contributed by atoms with Crippen LogP contribution in [0.4, 0.5) is 10.5 Å². The van der Waals surface area contributed by atoms with E-state index in [-0.39, 0.29) is 17.9 Å². The van der Waals surface area contributed by atoms with Crippen molar-refractivity contribution >= 4 is 34.1 Å². The molecular weight excluding hydrogens is 548 g/mol. The largest absolute Gasteiger partial charge is 0.496 e. The first-order chi connectivity index (χ1) is 20.7. The average molecular weight is 583 g/mol. The normalized spacial score (nSPS) is 16.9. The maximum absolute atomic E-state index is 13.4. The summed E-state index contributed by atoms with van der Waals surface area (Å²) < 4.78 is 15.1. The van der Waals surface area contributed by atoms with Crippen LogP contribution in [-0.2, 0) is 7.05 Å². The van der Waals surface area contributed by atoms with Gasteiger partial charge in [0.2, 0.25) is 0 Å². The number of ether oxygens (including phenoxy) is 2. The summed E-state index contributed by atoms with van der Waals surface area (Å²) in [6.45, 7) is 4.35. The number of benzene rings is 2. The number of amides is 2. The third-order valence-corrected chi connectivity index (χ3v) is 8.47. The van der Waals surface area contributed by atoms with E-state index in [1.807, 2.05) is 74.1 Å². The van der Waals surface area contributed by atoms with E-state index in [0.717, 1.165) is 39.2 Å². The van der Waals surface area contributed by atoms with E-state index in [9.17, 15) is 14.7 Å². The molecule has 0 bridgehead atoms. The number of likely N-dealkylation sites (tertiary alicyclic amines) is 1. The van der Waals surface area contributed by atoms with Crippen LogP contribution in [0.5, 0.6) is 11.5 Å². The summed E-state index contributed by atoms with van der Waals surface area (Å²) in [4.78, 5) is 36.2. The van der Waals surface area contributed by atoms with E-state index in [4.69, 9.17) is 14.5 Å². The lowest BCUT2D eigenvalue weighted by molar-refractivity contribution is 0.101. The molecule has 222 valence electrons. The minimum absolute atomic E-state index is 0.0912. The number of imidazole rings is 1. The zero-order chi connectivity index (χ0) is 30.4. The molecule has 11 heteroatoms. The van der Waals surface area contributed by atoms with Crippen molar-refractivity contribution in [1.29, 1.82) is 0 Å². The SMILES string of the molecule is COc1cc(-c2nc(C3CCN(C(=O)O)C(C)C3)n3ccnc(C)c23)ccc1NC(=O)c1cc2c(OC)cccc2n1C. The third-order valence-electron chi connectivity index (χ3n) is 8.47. The fourth-order valence-corrected chi connectivity index (χ4v) is 6.26. The zero-order valence-electron chi connectivity index (χ0n) is 24.8. The highest BCUT2D eigenvalue weighted by molar-refractivity contribution is 6.08. The minimum atomic E-state index is -0.890. The monoisotopic (exact) mass is 582 g/mol. The van der Waals surface area contributed by atoms with Gasteiger partial charge in [-0.15, -0.1) is 0 Å². The first-order valence-corrected chi connectivity index (χ1v) is 14.2. The number of piperidine rings is 1. The van der Waals surface area contributed by atoms with Crippen LogP contribution in [0.25, 0.3) is 27.7 Å². The van der Waals surface area contributed by atoms with Gasteiger partial charge in [-0.05, 0) is 57.0 Å². The van der Waals surface area contributed by atoms with Crippen molar-refractivity contribution in [2.45, 2.75) is 38.6 Å². The Bertz CT molecular complexity index is 1880. The molecule has 0 saturated carbocycles. The van der Waals surface area contributed by atoms with Gasteiger partial charge in [0, 0.05) is 48.9 Å². The second-order valence-corrected chi connectivity index (χ2v) is 10.9. The van der Waals surface area contributed by atoms with Gasteiger partial charge in [0.25, 0.3) is 5.91 Å². The molecule has 2 amide bonds. The molecule has 0 radical (unpaired) electrons. The van der Waals surface area contributed by atoms with E-state index >= 15 is 0 Å². The number of carboxylic acid groups (broad SMARTS) is 1. The number of nitrogens with zero attached hydrogens (tertiary/aromatic N) is 5. The predicted molar refractivity (Wildman–Crippen MR) is 163 cm³/mol. The van der Waals surface area contributed by atoms with Crippen molar-refractivity contribution < 1.29 is 24.2 Å². The van der Waals surface area contributed by atoms with Gasteiger partial charge < -0.3 is 29.4 Å². The van der Waals surface area contributed by atoms with Gasteiger partial charge >= 0.3 is 6.09 Å². The third kappa shape index (κ3) is 4.80. The van der Waals surface area contributed by atoms with Crippen LogP contribution in [0, 0.1) is 6.92 Å². The average Bonchev–Trinajstić information content (AvgIpc) is 3.56. The molecule has 6 rings (SSSR count). The van der Waals surface area contributed by atoms with Crippen molar-refractivity contribution in [2.24, 2.45) is 7.05 Å². The first kappa shape index (κ1) is 28.1. The molecule has 1 fully saturated rings. The molecule has 5 aromatic rings. The van der Waals surface area contributed by atoms with E-state index in [1.54, 1.807) is 20.4 Å². The van der Waals surface area contributed by atoms with Gasteiger partial charge in [0.1, 0.15) is 23.0 Å². The second kappa shape index (κ2) is 11.0. The minimum Gasteiger partial charge on any atom is -0.496 e. The van der Waals surface area contributed by atoms with Gasteiger partial charge in [-0.25, -0.2) is 9.78 Å². The lowest BCUT2D eigenvalue weighted by atomic mass is 9.91. The van der Waals surface area contributed by atoms with Gasteiger partial charge in [0.05, 0.1) is 42.3 Å². The van der Waals surface area contributed by atoms with E-state index in [2.05, 4.69) is 14.7 Å². The maximum atomic E-state index is 13.4. The van der Waals surface area contributed by atoms with E-state index in [0.29, 0.717) is 42.3 Å². The van der Waals surface area contributed by atoms with Crippen molar-refractivity contribution in [3.8, 4) is 22.8 Å². The summed E-state index contributed by atoms with van der Waals surface area (Å²) in [7, 11) is 5.03. The van der Waals surface area contributed by atoms with Crippen LogP contribution < -0.4 is 14.8 Å². The van der Waals surface area contributed by atoms with E-state index < -0.39 is 6.09 Å².